The lowest BCUT2D eigenvalue weighted by molar-refractivity contribution is 0.613. The third-order valence-electron chi connectivity index (χ3n) is 2.48. The maximum absolute atomic E-state index is 3.76. The number of allylic oxidation sites excluding steroid dienone is 1. The highest BCUT2D eigenvalue weighted by atomic mass is 14.1. The maximum atomic E-state index is 3.76. The molecule has 0 fully saturated rings. The molecular formula is C13H18. The first kappa shape index (κ1) is 10.0. The fourth-order valence-electron chi connectivity index (χ4n) is 1.65. The second-order valence-corrected chi connectivity index (χ2v) is 3.38. The van der Waals surface area contributed by atoms with E-state index < -0.39 is 0 Å². The normalized spacial score (nSPS) is 12.4. The fourth-order valence-corrected chi connectivity index (χ4v) is 1.65. The summed E-state index contributed by atoms with van der Waals surface area (Å²) in [7, 11) is 0. The summed E-state index contributed by atoms with van der Waals surface area (Å²) in [6, 6.07) is 10.7. The van der Waals surface area contributed by atoms with Gasteiger partial charge in [-0.1, -0.05) is 43.3 Å². The van der Waals surface area contributed by atoms with Crippen molar-refractivity contribution in [1.29, 1.82) is 0 Å². The number of hydrogen-bond donors (Lipinski definition) is 0. The van der Waals surface area contributed by atoms with Crippen LogP contribution in [0.2, 0.25) is 0 Å². The zero-order valence-electron chi connectivity index (χ0n) is 8.37. The maximum Gasteiger partial charge on any atom is -0.0162 e. The minimum absolute atomic E-state index is 0.708. The van der Waals surface area contributed by atoms with Gasteiger partial charge in [-0.25, -0.2) is 0 Å². The summed E-state index contributed by atoms with van der Waals surface area (Å²) >= 11 is 0. The molecule has 1 rings (SSSR count). The van der Waals surface area contributed by atoms with E-state index in [1.54, 1.807) is 0 Å². The Kier molecular flexibility index (Phi) is 4.31. The van der Waals surface area contributed by atoms with Crippen molar-refractivity contribution in [1.82, 2.24) is 0 Å². The van der Waals surface area contributed by atoms with Gasteiger partial charge in [-0.15, -0.1) is 6.58 Å². The van der Waals surface area contributed by atoms with E-state index in [4.69, 9.17) is 0 Å². The van der Waals surface area contributed by atoms with Crippen molar-refractivity contribution in [3.63, 3.8) is 0 Å². The summed E-state index contributed by atoms with van der Waals surface area (Å²) in [5.74, 6) is 0.708. The van der Waals surface area contributed by atoms with Crippen LogP contribution in [0.4, 0.5) is 0 Å². The van der Waals surface area contributed by atoms with E-state index in [1.165, 1.54) is 18.4 Å². The largest absolute Gasteiger partial charge is 0.103 e. The van der Waals surface area contributed by atoms with Crippen molar-refractivity contribution >= 4 is 0 Å². The van der Waals surface area contributed by atoms with Crippen LogP contribution in [-0.2, 0) is 0 Å². The van der Waals surface area contributed by atoms with Crippen molar-refractivity contribution in [3.8, 4) is 0 Å². The Morgan fingerprint density at radius 1 is 1.31 bits per heavy atom. The molecule has 0 radical (unpaired) electrons. The van der Waals surface area contributed by atoms with E-state index in [0.29, 0.717) is 5.92 Å². The Bertz CT molecular complexity index is 235. The van der Waals surface area contributed by atoms with Gasteiger partial charge in [0.2, 0.25) is 0 Å². The molecule has 0 heterocycles. The molecule has 1 atom stereocenters. The summed E-state index contributed by atoms with van der Waals surface area (Å²) in [4.78, 5) is 0. The minimum Gasteiger partial charge on any atom is -0.103 e. The van der Waals surface area contributed by atoms with Crippen LogP contribution in [0.5, 0.6) is 0 Å². The van der Waals surface area contributed by atoms with Crippen LogP contribution in [0.25, 0.3) is 0 Å². The third kappa shape index (κ3) is 3.06. The summed E-state index contributed by atoms with van der Waals surface area (Å²) in [5.41, 5.74) is 1.46. The molecule has 0 spiro atoms. The van der Waals surface area contributed by atoms with Gasteiger partial charge in [0.1, 0.15) is 0 Å². The molecule has 0 N–H and O–H groups in total. The van der Waals surface area contributed by atoms with Crippen molar-refractivity contribution in [3.05, 3.63) is 48.6 Å². The number of benzene rings is 1. The molecule has 0 aromatic heterocycles. The first-order valence-electron chi connectivity index (χ1n) is 5.04. The molecule has 1 aromatic carbocycles. The van der Waals surface area contributed by atoms with Crippen molar-refractivity contribution in [2.45, 2.75) is 32.1 Å². The molecule has 0 unspecified atom stereocenters. The molecule has 0 saturated carbocycles. The molecule has 0 nitrogen and oxygen atoms in total. The highest BCUT2D eigenvalue weighted by molar-refractivity contribution is 5.19. The molecule has 0 aliphatic carbocycles. The zero-order chi connectivity index (χ0) is 9.52. The highest BCUT2D eigenvalue weighted by Gasteiger charge is 2.06. The van der Waals surface area contributed by atoms with Gasteiger partial charge in [0.25, 0.3) is 0 Å². The van der Waals surface area contributed by atoms with Gasteiger partial charge in [0.15, 0.2) is 0 Å². The van der Waals surface area contributed by atoms with Gasteiger partial charge in [-0.3, -0.25) is 0 Å². The third-order valence-corrected chi connectivity index (χ3v) is 2.48. The Balaban J connectivity index is 2.61. The van der Waals surface area contributed by atoms with Crippen molar-refractivity contribution in [2.75, 3.05) is 0 Å². The fraction of sp³-hybridized carbons (Fsp3) is 0.385. The van der Waals surface area contributed by atoms with E-state index in [-0.39, 0.29) is 0 Å². The predicted octanol–water partition coefficient (Wildman–Crippen LogP) is 4.15. The number of rotatable bonds is 5. The lowest BCUT2D eigenvalue weighted by atomic mass is 9.92. The zero-order valence-corrected chi connectivity index (χ0v) is 8.37. The lowest BCUT2D eigenvalue weighted by Crippen LogP contribution is -1.95. The van der Waals surface area contributed by atoms with Gasteiger partial charge in [-0.2, -0.15) is 0 Å². The van der Waals surface area contributed by atoms with E-state index in [1.807, 2.05) is 6.08 Å². The molecule has 70 valence electrons. The Labute approximate surface area is 81.3 Å². The summed E-state index contributed by atoms with van der Waals surface area (Å²) in [6.45, 7) is 6.01. The van der Waals surface area contributed by atoms with Gasteiger partial charge in [0.05, 0.1) is 0 Å². The van der Waals surface area contributed by atoms with Crippen LogP contribution >= 0.6 is 0 Å². The molecule has 0 aliphatic rings. The molecule has 0 amide bonds. The second-order valence-electron chi connectivity index (χ2n) is 3.38. The smallest absolute Gasteiger partial charge is 0.0162 e. The highest BCUT2D eigenvalue weighted by Crippen LogP contribution is 2.24. The average molecular weight is 174 g/mol. The van der Waals surface area contributed by atoms with Gasteiger partial charge >= 0.3 is 0 Å². The minimum atomic E-state index is 0.708. The van der Waals surface area contributed by atoms with Crippen LogP contribution in [0, 0.1) is 0 Å². The second kappa shape index (κ2) is 5.58. The lowest BCUT2D eigenvalue weighted by Gasteiger charge is -2.13. The molecule has 0 bridgehead atoms. The first-order valence-corrected chi connectivity index (χ1v) is 5.04. The van der Waals surface area contributed by atoms with Crippen LogP contribution in [0.1, 0.15) is 37.7 Å². The Morgan fingerprint density at radius 2 is 2.00 bits per heavy atom. The quantitative estimate of drug-likeness (QED) is 0.588. The summed E-state index contributed by atoms with van der Waals surface area (Å²) in [5, 5.41) is 0. The first-order chi connectivity index (χ1) is 6.38. The van der Waals surface area contributed by atoms with Crippen molar-refractivity contribution < 1.29 is 0 Å². The van der Waals surface area contributed by atoms with Gasteiger partial charge in [0, 0.05) is 0 Å². The van der Waals surface area contributed by atoms with Gasteiger partial charge in [-0.05, 0) is 30.7 Å². The Morgan fingerprint density at radius 3 is 2.54 bits per heavy atom. The average Bonchev–Trinajstić information content (AvgIpc) is 2.21. The molecule has 0 aliphatic heterocycles. The van der Waals surface area contributed by atoms with Crippen LogP contribution < -0.4 is 0 Å². The molecule has 1 aromatic rings. The van der Waals surface area contributed by atoms with E-state index in [0.717, 1.165) is 6.42 Å². The van der Waals surface area contributed by atoms with Crippen molar-refractivity contribution in [2.24, 2.45) is 0 Å². The Hall–Kier alpha value is -1.04. The summed E-state index contributed by atoms with van der Waals surface area (Å²) < 4.78 is 0. The standard InChI is InChI=1S/C13H18/c1-3-5-9-12(4-2)13-10-7-6-8-11-13/h3,6-8,10-12H,1,4-5,9H2,2H3/t12-/m1/s1. The van der Waals surface area contributed by atoms with E-state index in [9.17, 15) is 0 Å². The molecule has 13 heavy (non-hydrogen) atoms. The number of hydrogen-bond acceptors (Lipinski definition) is 0. The summed E-state index contributed by atoms with van der Waals surface area (Å²) in [6.07, 6.45) is 5.57. The molecule has 0 heteroatoms. The SMILES string of the molecule is C=CCC[C@@H](CC)c1ccccc1. The monoisotopic (exact) mass is 174 g/mol. The van der Waals surface area contributed by atoms with Crippen LogP contribution in [0.15, 0.2) is 43.0 Å². The van der Waals surface area contributed by atoms with E-state index in [2.05, 4.69) is 43.8 Å². The van der Waals surface area contributed by atoms with Crippen LogP contribution in [0.3, 0.4) is 0 Å². The topological polar surface area (TPSA) is 0 Å². The van der Waals surface area contributed by atoms with Crippen LogP contribution in [-0.4, -0.2) is 0 Å². The molecule has 0 saturated heterocycles. The van der Waals surface area contributed by atoms with E-state index >= 15 is 0 Å². The predicted molar refractivity (Wildman–Crippen MR) is 58.9 cm³/mol. The molecular weight excluding hydrogens is 156 g/mol. The van der Waals surface area contributed by atoms with Gasteiger partial charge < -0.3 is 0 Å².